The van der Waals surface area contributed by atoms with Crippen LogP contribution in [0.5, 0.6) is 0 Å². The van der Waals surface area contributed by atoms with E-state index in [-0.39, 0.29) is 21.5 Å². The predicted molar refractivity (Wildman–Crippen MR) is 74.9 cm³/mol. The summed E-state index contributed by atoms with van der Waals surface area (Å²) in [4.78, 5) is -0.168. The first kappa shape index (κ1) is 14.4. The van der Waals surface area contributed by atoms with E-state index in [1.807, 2.05) is 0 Å². The van der Waals surface area contributed by atoms with Gasteiger partial charge in [-0.3, -0.25) is 0 Å². The minimum Gasteiger partial charge on any atom is -0.389 e. The van der Waals surface area contributed by atoms with E-state index in [2.05, 4.69) is 4.72 Å². The van der Waals surface area contributed by atoms with Gasteiger partial charge < -0.3 is 5.73 Å². The number of hydrogen-bond acceptors (Lipinski definition) is 3. The molecule has 1 aliphatic carbocycles. The maximum Gasteiger partial charge on any atom is 0.240 e. The molecule has 0 amide bonds. The smallest absolute Gasteiger partial charge is 0.240 e. The number of halogens is 1. The van der Waals surface area contributed by atoms with Gasteiger partial charge in [-0.25, -0.2) is 17.5 Å². The van der Waals surface area contributed by atoms with E-state index in [0.717, 1.165) is 31.7 Å². The molecule has 1 aromatic carbocycles. The van der Waals surface area contributed by atoms with Gasteiger partial charge in [-0.05, 0) is 31.0 Å². The van der Waals surface area contributed by atoms with Crippen molar-refractivity contribution in [2.45, 2.75) is 36.6 Å². The lowest BCUT2D eigenvalue weighted by atomic mass is 10.2. The molecule has 19 heavy (non-hydrogen) atoms. The summed E-state index contributed by atoms with van der Waals surface area (Å²) in [6, 6.07) is 3.42. The highest BCUT2D eigenvalue weighted by molar-refractivity contribution is 7.89. The number of rotatable bonds is 4. The Balaban J connectivity index is 2.29. The average Bonchev–Trinajstić information content (AvgIpc) is 2.80. The maximum atomic E-state index is 13.4. The molecule has 0 radical (unpaired) electrons. The van der Waals surface area contributed by atoms with Gasteiger partial charge in [0.15, 0.2) is 0 Å². The lowest BCUT2D eigenvalue weighted by Crippen LogP contribution is -2.32. The van der Waals surface area contributed by atoms with Gasteiger partial charge in [0.25, 0.3) is 0 Å². The van der Waals surface area contributed by atoms with E-state index in [0.29, 0.717) is 0 Å². The van der Waals surface area contributed by atoms with Crippen molar-refractivity contribution in [1.82, 2.24) is 4.72 Å². The molecule has 1 fully saturated rings. The molecule has 0 saturated heterocycles. The molecular weight excluding hydrogens is 287 g/mol. The summed E-state index contributed by atoms with van der Waals surface area (Å²) in [7, 11) is -3.65. The van der Waals surface area contributed by atoms with Crippen LogP contribution in [0.3, 0.4) is 0 Å². The van der Waals surface area contributed by atoms with E-state index >= 15 is 0 Å². The summed E-state index contributed by atoms with van der Waals surface area (Å²) < 4.78 is 40.4. The third-order valence-corrected chi connectivity index (χ3v) is 4.93. The fourth-order valence-electron chi connectivity index (χ4n) is 2.19. The van der Waals surface area contributed by atoms with Crippen molar-refractivity contribution >= 4 is 27.2 Å². The Morgan fingerprint density at radius 2 is 2.00 bits per heavy atom. The summed E-state index contributed by atoms with van der Waals surface area (Å²) in [6.07, 6.45) is 3.72. The van der Waals surface area contributed by atoms with Gasteiger partial charge in [0, 0.05) is 11.6 Å². The number of benzene rings is 1. The van der Waals surface area contributed by atoms with E-state index in [4.69, 9.17) is 18.0 Å². The Kier molecular flexibility index (Phi) is 4.17. The Labute approximate surface area is 117 Å². The molecule has 0 heterocycles. The van der Waals surface area contributed by atoms with Crippen molar-refractivity contribution < 1.29 is 12.8 Å². The molecule has 104 valence electrons. The zero-order chi connectivity index (χ0) is 14.0. The Hall–Kier alpha value is -1.05. The average molecular weight is 302 g/mol. The van der Waals surface area contributed by atoms with Gasteiger partial charge in [-0.2, -0.15) is 0 Å². The number of nitrogens with two attached hydrogens (primary N) is 1. The summed E-state index contributed by atoms with van der Waals surface area (Å²) >= 11 is 4.70. The zero-order valence-electron chi connectivity index (χ0n) is 10.2. The second kappa shape index (κ2) is 5.52. The highest BCUT2D eigenvalue weighted by Gasteiger charge is 2.23. The minimum atomic E-state index is -3.65. The first-order chi connectivity index (χ1) is 8.90. The fourth-order valence-corrected chi connectivity index (χ4v) is 3.68. The van der Waals surface area contributed by atoms with Crippen LogP contribution < -0.4 is 10.5 Å². The van der Waals surface area contributed by atoms with Gasteiger partial charge >= 0.3 is 0 Å². The normalized spacial score (nSPS) is 16.7. The van der Waals surface area contributed by atoms with Crippen molar-refractivity contribution in [3.05, 3.63) is 29.6 Å². The molecule has 7 heteroatoms. The molecule has 2 rings (SSSR count). The fraction of sp³-hybridized carbons (Fsp3) is 0.417. The molecule has 4 nitrogen and oxygen atoms in total. The first-order valence-electron chi connectivity index (χ1n) is 6.02. The second-order valence-electron chi connectivity index (χ2n) is 4.61. The zero-order valence-corrected chi connectivity index (χ0v) is 11.9. The quantitative estimate of drug-likeness (QED) is 0.830. The van der Waals surface area contributed by atoms with Gasteiger partial charge in [-0.15, -0.1) is 0 Å². The van der Waals surface area contributed by atoms with Crippen LogP contribution in [0.15, 0.2) is 23.1 Å². The van der Waals surface area contributed by atoms with Gasteiger partial charge in [0.2, 0.25) is 10.0 Å². The molecule has 1 saturated carbocycles. The van der Waals surface area contributed by atoms with Crippen molar-refractivity contribution in [3.8, 4) is 0 Å². The standard InChI is InChI=1S/C12H15FN2O2S2/c13-11-6-5-9(7-10(11)12(14)18)19(16,17)15-8-3-1-2-4-8/h5-8,15H,1-4H2,(H2,14,18). The highest BCUT2D eigenvalue weighted by atomic mass is 32.2. The summed E-state index contributed by atoms with van der Waals surface area (Å²) in [5.41, 5.74) is 5.31. The summed E-state index contributed by atoms with van der Waals surface area (Å²) in [6.45, 7) is 0. The van der Waals surface area contributed by atoms with Crippen LogP contribution in [0.2, 0.25) is 0 Å². The molecule has 1 aromatic rings. The van der Waals surface area contributed by atoms with Crippen molar-refractivity contribution in [3.63, 3.8) is 0 Å². The molecule has 0 atom stereocenters. The Morgan fingerprint density at radius 1 is 1.37 bits per heavy atom. The van der Waals surface area contributed by atoms with E-state index in [1.165, 1.54) is 12.1 Å². The summed E-state index contributed by atoms with van der Waals surface area (Å²) in [5, 5.41) is 0. The van der Waals surface area contributed by atoms with Gasteiger partial charge in [-0.1, -0.05) is 25.1 Å². The number of hydrogen-bond donors (Lipinski definition) is 2. The van der Waals surface area contributed by atoms with E-state index < -0.39 is 15.8 Å². The Morgan fingerprint density at radius 3 is 2.58 bits per heavy atom. The highest BCUT2D eigenvalue weighted by Crippen LogP contribution is 2.21. The monoisotopic (exact) mass is 302 g/mol. The van der Waals surface area contributed by atoms with Crippen LogP contribution in [0.25, 0.3) is 0 Å². The third-order valence-electron chi connectivity index (χ3n) is 3.19. The molecule has 0 spiro atoms. The predicted octanol–water partition coefficient (Wildman–Crippen LogP) is 1.68. The van der Waals surface area contributed by atoms with Crippen LogP contribution in [-0.2, 0) is 10.0 Å². The van der Waals surface area contributed by atoms with Crippen LogP contribution in [0.1, 0.15) is 31.2 Å². The third kappa shape index (κ3) is 3.29. The summed E-state index contributed by atoms with van der Waals surface area (Å²) in [5.74, 6) is -0.618. The van der Waals surface area contributed by atoms with Crippen molar-refractivity contribution in [2.24, 2.45) is 5.73 Å². The Bertz CT molecular complexity index is 596. The number of sulfonamides is 1. The van der Waals surface area contributed by atoms with Gasteiger partial charge in [0.1, 0.15) is 10.8 Å². The molecule has 0 unspecified atom stereocenters. The van der Waals surface area contributed by atoms with Gasteiger partial charge in [0.05, 0.1) is 4.90 Å². The lowest BCUT2D eigenvalue weighted by Gasteiger charge is -2.13. The number of thiocarbonyl (C=S) groups is 1. The van der Waals surface area contributed by atoms with E-state index in [1.54, 1.807) is 0 Å². The van der Waals surface area contributed by atoms with Crippen molar-refractivity contribution in [1.29, 1.82) is 0 Å². The van der Waals surface area contributed by atoms with Crippen LogP contribution >= 0.6 is 12.2 Å². The van der Waals surface area contributed by atoms with Crippen molar-refractivity contribution in [2.75, 3.05) is 0 Å². The lowest BCUT2D eigenvalue weighted by molar-refractivity contribution is 0.551. The van der Waals surface area contributed by atoms with Crippen LogP contribution in [0, 0.1) is 5.82 Å². The molecule has 3 N–H and O–H groups in total. The minimum absolute atomic E-state index is 0.0106. The molecule has 0 aliphatic heterocycles. The first-order valence-corrected chi connectivity index (χ1v) is 7.91. The molecule has 0 bridgehead atoms. The second-order valence-corrected chi connectivity index (χ2v) is 6.76. The van der Waals surface area contributed by atoms with E-state index in [9.17, 15) is 12.8 Å². The maximum absolute atomic E-state index is 13.4. The topological polar surface area (TPSA) is 72.2 Å². The van der Waals surface area contributed by atoms with Crippen LogP contribution in [-0.4, -0.2) is 19.4 Å². The number of nitrogens with one attached hydrogen (secondary N) is 1. The molecule has 0 aromatic heterocycles. The largest absolute Gasteiger partial charge is 0.389 e. The SMILES string of the molecule is NC(=S)c1cc(S(=O)(=O)NC2CCCC2)ccc1F. The molecule has 1 aliphatic rings. The molecular formula is C12H15FN2O2S2. The van der Waals surface area contributed by atoms with Crippen LogP contribution in [0.4, 0.5) is 4.39 Å².